The Hall–Kier alpha value is -2.81. The van der Waals surface area contributed by atoms with E-state index in [2.05, 4.69) is 4.98 Å². The Morgan fingerprint density at radius 3 is 2.70 bits per heavy atom. The van der Waals surface area contributed by atoms with E-state index >= 15 is 0 Å². The number of hydrogen-bond acceptors (Lipinski definition) is 8. The van der Waals surface area contributed by atoms with Crippen LogP contribution in [-0.2, 0) is 27.2 Å². The second kappa shape index (κ2) is 11.4. The summed E-state index contributed by atoms with van der Waals surface area (Å²) in [6.45, 7) is 4.79. The molecule has 164 valence electrons. The molecule has 1 aromatic carbocycles. The van der Waals surface area contributed by atoms with E-state index in [9.17, 15) is 9.59 Å². The molecule has 0 saturated heterocycles. The van der Waals surface area contributed by atoms with Gasteiger partial charge in [-0.25, -0.2) is 9.78 Å². The molecule has 8 nitrogen and oxygen atoms in total. The highest BCUT2D eigenvalue weighted by Gasteiger charge is 2.21. The maximum Gasteiger partial charge on any atom is 0.410 e. The highest BCUT2D eigenvalue weighted by atomic mass is 32.1. The SMILES string of the molecule is COc1ccc(CC(C)OC(=O)N(C)Cc2ncsc2C(C)COC=O)c(OC)c1. The summed E-state index contributed by atoms with van der Waals surface area (Å²) in [4.78, 5) is 29.8. The Morgan fingerprint density at radius 1 is 1.27 bits per heavy atom. The Morgan fingerprint density at radius 2 is 2.03 bits per heavy atom. The molecule has 0 spiro atoms. The average Bonchev–Trinajstić information content (AvgIpc) is 3.20. The number of thiazole rings is 1. The molecule has 2 atom stereocenters. The van der Waals surface area contributed by atoms with Gasteiger partial charge in [0.25, 0.3) is 6.47 Å². The lowest BCUT2D eigenvalue weighted by molar-refractivity contribution is -0.129. The van der Waals surface area contributed by atoms with Crippen molar-refractivity contribution in [1.82, 2.24) is 9.88 Å². The number of rotatable bonds is 11. The van der Waals surface area contributed by atoms with Crippen LogP contribution >= 0.6 is 11.3 Å². The highest BCUT2D eigenvalue weighted by Crippen LogP contribution is 2.27. The van der Waals surface area contributed by atoms with Crippen molar-refractivity contribution in [2.45, 2.75) is 38.8 Å². The van der Waals surface area contributed by atoms with Gasteiger partial charge in [-0.05, 0) is 18.6 Å². The van der Waals surface area contributed by atoms with E-state index in [1.54, 1.807) is 32.8 Å². The van der Waals surface area contributed by atoms with Gasteiger partial charge in [-0.3, -0.25) is 4.79 Å². The molecule has 0 saturated carbocycles. The van der Waals surface area contributed by atoms with Gasteiger partial charge in [0.05, 0.1) is 38.6 Å². The molecule has 0 aliphatic carbocycles. The van der Waals surface area contributed by atoms with Gasteiger partial charge in [0.1, 0.15) is 17.6 Å². The molecule has 0 fully saturated rings. The molecular formula is C21H28N2O6S. The van der Waals surface area contributed by atoms with Crippen LogP contribution in [0.4, 0.5) is 4.79 Å². The van der Waals surface area contributed by atoms with Crippen LogP contribution in [0.5, 0.6) is 11.5 Å². The number of ether oxygens (including phenoxy) is 4. The van der Waals surface area contributed by atoms with Crippen LogP contribution in [0.2, 0.25) is 0 Å². The summed E-state index contributed by atoms with van der Waals surface area (Å²) in [5.41, 5.74) is 3.41. The number of benzene rings is 1. The molecule has 1 heterocycles. The Kier molecular flexibility index (Phi) is 8.91. The van der Waals surface area contributed by atoms with Crippen LogP contribution in [0.1, 0.15) is 35.9 Å². The lowest BCUT2D eigenvalue weighted by Gasteiger charge is -2.21. The highest BCUT2D eigenvalue weighted by molar-refractivity contribution is 7.09. The summed E-state index contributed by atoms with van der Waals surface area (Å²) in [6, 6.07) is 5.54. The largest absolute Gasteiger partial charge is 0.497 e. The molecule has 2 rings (SSSR count). The van der Waals surface area contributed by atoms with Gasteiger partial charge < -0.3 is 23.8 Å². The van der Waals surface area contributed by atoms with Crippen molar-refractivity contribution in [3.63, 3.8) is 0 Å². The normalized spacial score (nSPS) is 12.6. The second-order valence-electron chi connectivity index (χ2n) is 6.93. The minimum Gasteiger partial charge on any atom is -0.497 e. The molecular weight excluding hydrogens is 408 g/mol. The van der Waals surface area contributed by atoms with Crippen molar-refractivity contribution >= 4 is 23.9 Å². The first-order valence-electron chi connectivity index (χ1n) is 9.49. The molecule has 1 amide bonds. The van der Waals surface area contributed by atoms with Crippen molar-refractivity contribution < 1.29 is 28.5 Å². The lowest BCUT2D eigenvalue weighted by atomic mass is 10.1. The predicted molar refractivity (Wildman–Crippen MR) is 113 cm³/mol. The van der Waals surface area contributed by atoms with Crippen LogP contribution < -0.4 is 9.47 Å². The van der Waals surface area contributed by atoms with Crippen molar-refractivity contribution in [2.24, 2.45) is 0 Å². The van der Waals surface area contributed by atoms with E-state index in [0.717, 1.165) is 16.1 Å². The zero-order valence-corrected chi connectivity index (χ0v) is 18.7. The number of nitrogens with zero attached hydrogens (tertiary/aromatic N) is 2. The van der Waals surface area contributed by atoms with Gasteiger partial charge >= 0.3 is 6.09 Å². The minimum atomic E-state index is -0.439. The molecule has 0 radical (unpaired) electrons. The average molecular weight is 437 g/mol. The third-order valence-electron chi connectivity index (χ3n) is 4.54. The zero-order valence-electron chi connectivity index (χ0n) is 17.9. The standard InChI is InChI=1S/C21H28N2O6S/c1-14(11-28-13-24)20-18(22-12-30-20)10-23(3)21(25)29-15(2)8-16-6-7-17(26-4)9-19(16)27-5/h6-7,9,12-15H,8,10-11H2,1-5H3. The first kappa shape index (κ1) is 23.5. The number of carbonyl (C=O) groups is 2. The third kappa shape index (κ3) is 6.35. The van der Waals surface area contributed by atoms with Crippen molar-refractivity contribution in [3.8, 4) is 11.5 Å². The number of amides is 1. The van der Waals surface area contributed by atoms with Gasteiger partial charge in [0.2, 0.25) is 0 Å². The first-order chi connectivity index (χ1) is 14.4. The van der Waals surface area contributed by atoms with E-state index in [1.807, 2.05) is 26.0 Å². The maximum absolute atomic E-state index is 12.5. The van der Waals surface area contributed by atoms with Gasteiger partial charge in [-0.1, -0.05) is 13.0 Å². The third-order valence-corrected chi connectivity index (χ3v) is 5.64. The van der Waals surface area contributed by atoms with Gasteiger partial charge in [0, 0.05) is 30.3 Å². The summed E-state index contributed by atoms with van der Waals surface area (Å²) in [5.74, 6) is 1.39. The minimum absolute atomic E-state index is 0.00332. The lowest BCUT2D eigenvalue weighted by Crippen LogP contribution is -2.31. The molecule has 0 bridgehead atoms. The summed E-state index contributed by atoms with van der Waals surface area (Å²) in [6.07, 6.45) is -0.280. The van der Waals surface area contributed by atoms with Crippen LogP contribution in [0.3, 0.4) is 0 Å². The molecule has 30 heavy (non-hydrogen) atoms. The van der Waals surface area contributed by atoms with E-state index in [0.29, 0.717) is 30.9 Å². The van der Waals surface area contributed by atoms with Gasteiger partial charge in [-0.15, -0.1) is 11.3 Å². The van der Waals surface area contributed by atoms with Crippen LogP contribution in [0, 0.1) is 0 Å². The number of methoxy groups -OCH3 is 2. The van der Waals surface area contributed by atoms with E-state index < -0.39 is 6.09 Å². The Bertz CT molecular complexity index is 841. The predicted octanol–water partition coefficient (Wildman–Crippen LogP) is 3.64. The van der Waals surface area contributed by atoms with E-state index in [4.69, 9.17) is 18.9 Å². The van der Waals surface area contributed by atoms with E-state index in [-0.39, 0.29) is 18.6 Å². The second-order valence-corrected chi connectivity index (χ2v) is 7.81. The van der Waals surface area contributed by atoms with Gasteiger partial charge in [-0.2, -0.15) is 0 Å². The molecule has 9 heteroatoms. The molecule has 0 aliphatic heterocycles. The maximum atomic E-state index is 12.5. The first-order valence-corrected chi connectivity index (χ1v) is 10.4. The summed E-state index contributed by atoms with van der Waals surface area (Å²) < 4.78 is 21.0. The number of carbonyl (C=O) groups excluding carboxylic acids is 2. The Labute approximate surface area is 180 Å². The monoisotopic (exact) mass is 436 g/mol. The van der Waals surface area contributed by atoms with Crippen molar-refractivity contribution in [2.75, 3.05) is 27.9 Å². The molecule has 0 N–H and O–H groups in total. The summed E-state index contributed by atoms with van der Waals surface area (Å²) >= 11 is 1.47. The molecule has 2 unspecified atom stereocenters. The molecule has 1 aromatic heterocycles. The number of aromatic nitrogens is 1. The van der Waals surface area contributed by atoms with Crippen LogP contribution in [-0.4, -0.2) is 56.4 Å². The van der Waals surface area contributed by atoms with Crippen LogP contribution in [0.15, 0.2) is 23.7 Å². The molecule has 2 aromatic rings. The van der Waals surface area contributed by atoms with Crippen molar-refractivity contribution in [3.05, 3.63) is 39.8 Å². The topological polar surface area (TPSA) is 87.2 Å². The van der Waals surface area contributed by atoms with Gasteiger partial charge in [0.15, 0.2) is 0 Å². The fourth-order valence-corrected chi connectivity index (χ4v) is 3.83. The smallest absolute Gasteiger partial charge is 0.410 e. The van der Waals surface area contributed by atoms with Crippen molar-refractivity contribution in [1.29, 1.82) is 0 Å². The fraction of sp³-hybridized carbons (Fsp3) is 0.476. The zero-order chi connectivity index (χ0) is 22.1. The van der Waals surface area contributed by atoms with E-state index in [1.165, 1.54) is 16.2 Å². The quantitative estimate of drug-likeness (QED) is 0.497. The Balaban J connectivity index is 1.95. The number of hydrogen-bond donors (Lipinski definition) is 0. The molecule has 0 aliphatic rings. The summed E-state index contributed by atoms with van der Waals surface area (Å²) in [5, 5.41) is 0. The van der Waals surface area contributed by atoms with Crippen LogP contribution in [0.25, 0.3) is 0 Å². The summed E-state index contributed by atoms with van der Waals surface area (Å²) in [7, 11) is 4.85. The fourth-order valence-electron chi connectivity index (χ4n) is 2.98.